The average molecular weight is 927 g/mol. The number of carbonyl (C=O) groups is 3. The van der Waals surface area contributed by atoms with Crippen molar-refractivity contribution in [3.05, 3.63) is 232 Å². The van der Waals surface area contributed by atoms with Crippen LogP contribution < -0.4 is 14.8 Å². The number of para-hydroxylation sites is 1. The van der Waals surface area contributed by atoms with E-state index in [4.69, 9.17) is 9.47 Å². The van der Waals surface area contributed by atoms with Crippen molar-refractivity contribution in [2.45, 2.75) is 26.2 Å². The van der Waals surface area contributed by atoms with Gasteiger partial charge in [-0.25, -0.2) is 18.4 Å². The Morgan fingerprint density at radius 3 is 1.88 bits per heavy atom. The summed E-state index contributed by atoms with van der Waals surface area (Å²) in [5, 5.41) is 35.8. The monoisotopic (exact) mass is 926 g/mol. The van der Waals surface area contributed by atoms with E-state index in [1.807, 2.05) is 49.4 Å². The molecular weight excluding hydrogens is 883 g/mol. The number of aromatic carboxylic acids is 2. The lowest BCUT2D eigenvalue weighted by molar-refractivity contribution is -0.385. The van der Waals surface area contributed by atoms with Crippen LogP contribution in [0.2, 0.25) is 0 Å². The van der Waals surface area contributed by atoms with Gasteiger partial charge >= 0.3 is 17.6 Å². The van der Waals surface area contributed by atoms with Crippen molar-refractivity contribution >= 4 is 40.0 Å². The molecule has 0 aliphatic carbocycles. The summed E-state index contributed by atoms with van der Waals surface area (Å²) in [7, 11) is 0. The standard InChI is InChI=1S/C29H23FN2O6.C27H21FO3/c1-2-5-19-6-3-4-7-26(19)38-27-15-11-21(17-25(27)32(36)37)28(33)31-24-16-20(10-14-23(24)29(34)35)18-8-12-22(30)13-9-18;28-23-14-11-19(12-15-23)22-13-16-25(27(29)30)26(18-22)31-17-4-3-7-21-9-5-8-20-6-1-2-10-24(20)21/h3-4,6-17H,2,5H2,1H3,(H,31,33)(H,34,35);1-6,8-16,18H,7,17H2,(H,29,30). The average Bonchev–Trinajstić information content (AvgIpc) is 3.35. The second-order valence-electron chi connectivity index (χ2n) is 15.6. The van der Waals surface area contributed by atoms with Crippen molar-refractivity contribution in [1.82, 2.24) is 0 Å². The molecule has 13 heteroatoms. The summed E-state index contributed by atoms with van der Waals surface area (Å²) in [6.07, 6.45) is 6.26. The van der Waals surface area contributed by atoms with E-state index < -0.39 is 34.3 Å². The number of anilines is 1. The van der Waals surface area contributed by atoms with Crippen LogP contribution in [-0.2, 0) is 12.8 Å². The number of aryl methyl sites for hydroxylation is 1. The van der Waals surface area contributed by atoms with Gasteiger partial charge in [-0.1, -0.05) is 123 Å². The molecule has 0 saturated heterocycles. The van der Waals surface area contributed by atoms with Crippen LogP contribution in [0.5, 0.6) is 17.2 Å². The van der Waals surface area contributed by atoms with E-state index in [1.54, 1.807) is 42.5 Å². The molecule has 0 aliphatic heterocycles. The number of nitrogens with one attached hydrogen (secondary N) is 1. The van der Waals surface area contributed by atoms with Gasteiger partial charge in [-0.3, -0.25) is 14.9 Å². The molecule has 8 aromatic carbocycles. The minimum atomic E-state index is -1.27. The molecular formula is C56H44F2N2O9. The number of rotatable bonds is 16. The molecule has 11 nitrogen and oxygen atoms in total. The minimum Gasteiger partial charge on any atom is -0.489 e. The number of carboxylic acid groups (broad SMARTS) is 2. The summed E-state index contributed by atoms with van der Waals surface area (Å²) in [6.45, 7) is 2.26. The van der Waals surface area contributed by atoms with Crippen LogP contribution in [0.1, 0.15) is 55.5 Å². The van der Waals surface area contributed by atoms with E-state index in [1.165, 1.54) is 83.1 Å². The maximum Gasteiger partial charge on any atom is 0.339 e. The molecule has 0 fully saturated rings. The number of nitrogens with zero attached hydrogens (tertiary/aromatic N) is 1. The van der Waals surface area contributed by atoms with Crippen LogP contribution in [0.4, 0.5) is 20.2 Å². The lowest BCUT2D eigenvalue weighted by Crippen LogP contribution is -2.15. The first kappa shape index (κ1) is 48.0. The molecule has 346 valence electrons. The molecule has 0 heterocycles. The van der Waals surface area contributed by atoms with Gasteiger partial charge in [-0.2, -0.15) is 0 Å². The zero-order valence-electron chi connectivity index (χ0n) is 37.1. The number of benzene rings is 8. The molecule has 8 rings (SSSR count). The third-order valence-corrected chi connectivity index (χ3v) is 10.9. The van der Waals surface area contributed by atoms with Gasteiger partial charge in [0.05, 0.1) is 16.2 Å². The highest BCUT2D eigenvalue weighted by Gasteiger charge is 2.22. The van der Waals surface area contributed by atoms with Gasteiger partial charge in [-0.05, 0) is 124 Å². The second-order valence-corrected chi connectivity index (χ2v) is 15.6. The zero-order chi connectivity index (χ0) is 48.9. The van der Waals surface area contributed by atoms with Crippen LogP contribution in [-0.4, -0.2) is 39.6 Å². The molecule has 0 unspecified atom stereocenters. The number of hydrogen-bond donors (Lipinski definition) is 3. The van der Waals surface area contributed by atoms with Crippen LogP contribution in [0.25, 0.3) is 33.0 Å². The summed E-state index contributed by atoms with van der Waals surface area (Å²) >= 11 is 0. The molecule has 0 atom stereocenters. The first-order chi connectivity index (χ1) is 33.4. The van der Waals surface area contributed by atoms with E-state index in [2.05, 4.69) is 29.6 Å². The maximum absolute atomic E-state index is 13.3. The summed E-state index contributed by atoms with van der Waals surface area (Å²) in [4.78, 5) is 47.5. The van der Waals surface area contributed by atoms with Crippen molar-refractivity contribution in [1.29, 1.82) is 0 Å². The Hall–Kier alpha value is -8.97. The Labute approximate surface area is 395 Å². The third-order valence-electron chi connectivity index (χ3n) is 10.9. The first-order valence-corrected chi connectivity index (χ1v) is 21.7. The van der Waals surface area contributed by atoms with Gasteiger partial charge in [0.15, 0.2) is 0 Å². The molecule has 3 N–H and O–H groups in total. The minimum absolute atomic E-state index is 0.0132. The van der Waals surface area contributed by atoms with Crippen molar-refractivity contribution < 1.29 is 47.8 Å². The second kappa shape index (κ2) is 22.5. The Balaban J connectivity index is 0.000000208. The van der Waals surface area contributed by atoms with Crippen molar-refractivity contribution in [2.75, 3.05) is 11.9 Å². The van der Waals surface area contributed by atoms with Gasteiger partial charge in [-0.15, -0.1) is 0 Å². The van der Waals surface area contributed by atoms with Crippen molar-refractivity contribution in [3.8, 4) is 39.5 Å². The highest BCUT2D eigenvalue weighted by Crippen LogP contribution is 2.35. The Bertz CT molecular complexity index is 3180. The molecule has 0 bridgehead atoms. The fourth-order valence-corrected chi connectivity index (χ4v) is 7.46. The summed E-state index contributed by atoms with van der Waals surface area (Å²) in [5.41, 5.74) is 4.25. The predicted octanol–water partition coefficient (Wildman–Crippen LogP) is 13.6. The van der Waals surface area contributed by atoms with E-state index in [0.29, 0.717) is 16.9 Å². The van der Waals surface area contributed by atoms with Crippen LogP contribution >= 0.6 is 0 Å². The van der Waals surface area contributed by atoms with Crippen LogP contribution in [0.15, 0.2) is 182 Å². The van der Waals surface area contributed by atoms with E-state index in [9.17, 15) is 43.5 Å². The number of hydrogen-bond acceptors (Lipinski definition) is 7. The molecule has 0 radical (unpaired) electrons. The van der Waals surface area contributed by atoms with Crippen molar-refractivity contribution in [2.24, 2.45) is 0 Å². The fraction of sp³-hybridized carbons (Fsp3) is 0.0893. The SMILES string of the molecule is CCCc1ccccc1Oc1ccc(C(=O)Nc2cc(-c3ccc(F)cc3)ccc2C(=O)O)cc1[N+](=O)[O-].O=C(O)c1ccc(-c2ccc(F)cc2)cc1OCC=CCc1cccc2ccccc12. The fourth-order valence-electron chi connectivity index (χ4n) is 7.46. The maximum atomic E-state index is 13.3. The van der Waals surface area contributed by atoms with Gasteiger partial charge in [0.25, 0.3) is 5.91 Å². The molecule has 0 aliphatic rings. The van der Waals surface area contributed by atoms with E-state index in [0.717, 1.165) is 42.0 Å². The number of fused-ring (bicyclic) bond motifs is 1. The lowest BCUT2D eigenvalue weighted by atomic mass is 10.0. The normalized spacial score (nSPS) is 10.8. The number of nitro benzene ring substituents is 1. The number of halogens is 2. The number of ether oxygens (including phenoxy) is 2. The smallest absolute Gasteiger partial charge is 0.339 e. The van der Waals surface area contributed by atoms with Crippen LogP contribution in [0, 0.1) is 21.7 Å². The highest BCUT2D eigenvalue weighted by molar-refractivity contribution is 6.08. The first-order valence-electron chi connectivity index (χ1n) is 21.7. The van der Waals surface area contributed by atoms with Gasteiger partial charge in [0.2, 0.25) is 5.75 Å². The number of nitro groups is 1. The molecule has 69 heavy (non-hydrogen) atoms. The number of carboxylic acids is 2. The largest absolute Gasteiger partial charge is 0.489 e. The van der Waals surface area contributed by atoms with Crippen molar-refractivity contribution in [3.63, 3.8) is 0 Å². The number of allylic oxidation sites excluding steroid dienone is 1. The Kier molecular flexibility index (Phi) is 15.6. The Morgan fingerprint density at radius 1 is 0.623 bits per heavy atom. The molecule has 0 saturated carbocycles. The van der Waals surface area contributed by atoms with Crippen LogP contribution in [0.3, 0.4) is 0 Å². The van der Waals surface area contributed by atoms with E-state index >= 15 is 0 Å². The summed E-state index contributed by atoms with van der Waals surface area (Å²) < 4.78 is 38.1. The summed E-state index contributed by atoms with van der Waals surface area (Å²) in [5.74, 6) is -3.08. The lowest BCUT2D eigenvalue weighted by Gasteiger charge is -2.13. The zero-order valence-corrected chi connectivity index (χ0v) is 37.1. The Morgan fingerprint density at radius 2 is 1.22 bits per heavy atom. The van der Waals surface area contributed by atoms with Gasteiger partial charge in [0, 0.05) is 11.6 Å². The molecule has 1 amide bonds. The molecule has 0 aromatic heterocycles. The number of carbonyl (C=O) groups excluding carboxylic acids is 1. The summed E-state index contributed by atoms with van der Waals surface area (Å²) in [6, 6.07) is 46.3. The molecule has 0 spiro atoms. The third kappa shape index (κ3) is 12.3. The predicted molar refractivity (Wildman–Crippen MR) is 261 cm³/mol. The van der Waals surface area contributed by atoms with Gasteiger partial charge in [0.1, 0.15) is 35.3 Å². The quantitative estimate of drug-likeness (QED) is 0.0486. The topological polar surface area (TPSA) is 165 Å². The highest BCUT2D eigenvalue weighted by atomic mass is 19.1. The number of amides is 1. The van der Waals surface area contributed by atoms with Gasteiger partial charge < -0.3 is 25.0 Å². The van der Waals surface area contributed by atoms with E-state index in [-0.39, 0.29) is 46.3 Å². The molecule has 8 aromatic rings.